The SMILES string of the molecule is CC[C@H](CC[C@@H](C)[C@H]1CC[C@H]2[C@@H]3C=CC4=CC(=O)CC[C@]4(C)[C@H]3CC[C@]12C)C(C)C. The first kappa shape index (κ1) is 22.3. The van der Waals surface area contributed by atoms with Crippen LogP contribution in [-0.4, -0.2) is 5.78 Å². The van der Waals surface area contributed by atoms with Gasteiger partial charge in [0.2, 0.25) is 0 Å². The van der Waals surface area contributed by atoms with Gasteiger partial charge in [0.05, 0.1) is 0 Å². The number of rotatable bonds is 6. The quantitative estimate of drug-likeness (QED) is 0.433. The van der Waals surface area contributed by atoms with E-state index in [1.165, 1.54) is 50.5 Å². The molecule has 0 aromatic rings. The maximum absolute atomic E-state index is 12.0. The van der Waals surface area contributed by atoms with Gasteiger partial charge in [0.15, 0.2) is 5.78 Å². The molecule has 8 atom stereocenters. The van der Waals surface area contributed by atoms with Crippen LogP contribution in [-0.2, 0) is 4.79 Å². The first-order valence-corrected chi connectivity index (χ1v) is 13.1. The van der Waals surface area contributed by atoms with Crippen molar-refractivity contribution in [2.24, 2.45) is 52.3 Å². The van der Waals surface area contributed by atoms with Gasteiger partial charge in [0.25, 0.3) is 0 Å². The highest BCUT2D eigenvalue weighted by Gasteiger charge is 2.58. The Morgan fingerprint density at radius 3 is 2.50 bits per heavy atom. The summed E-state index contributed by atoms with van der Waals surface area (Å²) in [7, 11) is 0. The molecule has 0 aromatic heterocycles. The lowest BCUT2D eigenvalue weighted by Crippen LogP contribution is -2.49. The highest BCUT2D eigenvalue weighted by molar-refractivity contribution is 5.92. The molecule has 4 rings (SSSR count). The van der Waals surface area contributed by atoms with E-state index in [2.05, 4.69) is 53.7 Å². The zero-order valence-corrected chi connectivity index (χ0v) is 20.5. The summed E-state index contributed by atoms with van der Waals surface area (Å²) in [5.41, 5.74) is 2.10. The Morgan fingerprint density at radius 2 is 1.80 bits per heavy atom. The second kappa shape index (κ2) is 8.25. The minimum atomic E-state index is 0.240. The summed E-state index contributed by atoms with van der Waals surface area (Å²) in [6.45, 7) is 14.9. The van der Waals surface area contributed by atoms with Crippen molar-refractivity contribution in [1.82, 2.24) is 0 Å². The molecule has 0 aliphatic heterocycles. The van der Waals surface area contributed by atoms with Gasteiger partial charge in [-0.1, -0.05) is 66.5 Å². The Morgan fingerprint density at radius 1 is 1.03 bits per heavy atom. The molecule has 1 heteroatoms. The second-order valence-corrected chi connectivity index (χ2v) is 12.3. The predicted octanol–water partition coefficient (Wildman–Crippen LogP) is 8.01. The predicted molar refractivity (Wildman–Crippen MR) is 127 cm³/mol. The van der Waals surface area contributed by atoms with Crippen LogP contribution in [0.2, 0.25) is 0 Å². The normalized spacial score (nSPS) is 42.4. The Hall–Kier alpha value is -0.850. The third-order valence-corrected chi connectivity index (χ3v) is 10.7. The molecule has 0 aromatic carbocycles. The Balaban J connectivity index is 1.51. The van der Waals surface area contributed by atoms with Crippen LogP contribution >= 0.6 is 0 Å². The van der Waals surface area contributed by atoms with Crippen molar-refractivity contribution in [1.29, 1.82) is 0 Å². The van der Waals surface area contributed by atoms with Gasteiger partial charge in [0, 0.05) is 6.42 Å². The summed E-state index contributed by atoms with van der Waals surface area (Å²) in [5.74, 6) is 6.15. The summed E-state index contributed by atoms with van der Waals surface area (Å²) < 4.78 is 0. The lowest BCUT2D eigenvalue weighted by molar-refractivity contribution is -0.116. The van der Waals surface area contributed by atoms with E-state index in [0.717, 1.165) is 54.3 Å². The maximum Gasteiger partial charge on any atom is 0.156 e. The van der Waals surface area contributed by atoms with Crippen LogP contribution in [0, 0.1) is 52.3 Å². The van der Waals surface area contributed by atoms with Crippen molar-refractivity contribution >= 4 is 5.78 Å². The molecule has 4 aliphatic rings. The minimum Gasteiger partial charge on any atom is -0.295 e. The molecular weight excluding hydrogens is 364 g/mol. The van der Waals surface area contributed by atoms with Crippen molar-refractivity contribution in [3.63, 3.8) is 0 Å². The zero-order chi connectivity index (χ0) is 21.7. The summed E-state index contributed by atoms with van der Waals surface area (Å²) >= 11 is 0. The second-order valence-electron chi connectivity index (χ2n) is 12.3. The molecule has 0 spiro atoms. The molecule has 0 saturated heterocycles. The van der Waals surface area contributed by atoms with Gasteiger partial charge in [-0.05, 0) is 102 Å². The molecule has 30 heavy (non-hydrogen) atoms. The number of fused-ring (bicyclic) bond motifs is 5. The van der Waals surface area contributed by atoms with Crippen LogP contribution in [0.25, 0.3) is 0 Å². The molecule has 0 bridgehead atoms. The molecule has 0 radical (unpaired) electrons. The van der Waals surface area contributed by atoms with Crippen LogP contribution in [0.1, 0.15) is 99.3 Å². The first-order chi connectivity index (χ1) is 14.2. The molecule has 0 amide bonds. The third kappa shape index (κ3) is 3.57. The number of hydrogen-bond acceptors (Lipinski definition) is 1. The molecule has 1 nitrogen and oxygen atoms in total. The Bertz CT molecular complexity index is 714. The van der Waals surface area contributed by atoms with Crippen molar-refractivity contribution in [3.8, 4) is 0 Å². The monoisotopic (exact) mass is 410 g/mol. The van der Waals surface area contributed by atoms with E-state index in [9.17, 15) is 4.79 Å². The van der Waals surface area contributed by atoms with E-state index in [4.69, 9.17) is 0 Å². The fourth-order valence-electron chi connectivity index (χ4n) is 8.66. The standard InChI is InChI=1S/C29H46O/c1-7-21(19(2)3)9-8-20(4)25-12-13-26-24-11-10-22-18-23(30)14-16-28(22,5)27(24)15-17-29(25,26)6/h10-11,18-21,24-27H,7-9,12-17H2,1-6H3/t20-,21-,24+,25-,26+,27+,28+,29-/m1/s1. The van der Waals surface area contributed by atoms with E-state index in [0.29, 0.717) is 11.2 Å². The maximum atomic E-state index is 12.0. The Labute approximate surface area is 186 Å². The van der Waals surface area contributed by atoms with Crippen LogP contribution in [0.3, 0.4) is 0 Å². The van der Waals surface area contributed by atoms with E-state index in [1.807, 2.05) is 6.08 Å². The molecule has 2 saturated carbocycles. The van der Waals surface area contributed by atoms with Gasteiger partial charge in [-0.2, -0.15) is 0 Å². The van der Waals surface area contributed by atoms with Gasteiger partial charge < -0.3 is 0 Å². The van der Waals surface area contributed by atoms with E-state index >= 15 is 0 Å². The van der Waals surface area contributed by atoms with Crippen molar-refractivity contribution in [2.45, 2.75) is 99.3 Å². The molecule has 168 valence electrons. The van der Waals surface area contributed by atoms with Crippen LogP contribution in [0.4, 0.5) is 0 Å². The van der Waals surface area contributed by atoms with E-state index in [1.54, 1.807) is 0 Å². The molecule has 0 heterocycles. The van der Waals surface area contributed by atoms with E-state index in [-0.39, 0.29) is 5.41 Å². The number of carbonyl (C=O) groups is 1. The fourth-order valence-corrected chi connectivity index (χ4v) is 8.66. The van der Waals surface area contributed by atoms with Crippen LogP contribution < -0.4 is 0 Å². The molecule has 2 fully saturated rings. The topological polar surface area (TPSA) is 17.1 Å². The van der Waals surface area contributed by atoms with E-state index < -0.39 is 0 Å². The fraction of sp³-hybridized carbons (Fsp3) is 0.828. The zero-order valence-electron chi connectivity index (χ0n) is 20.5. The van der Waals surface area contributed by atoms with Crippen LogP contribution in [0.5, 0.6) is 0 Å². The summed E-state index contributed by atoms with van der Waals surface area (Å²) in [5, 5.41) is 0. The van der Waals surface area contributed by atoms with Crippen LogP contribution in [0.15, 0.2) is 23.8 Å². The summed E-state index contributed by atoms with van der Waals surface area (Å²) in [6, 6.07) is 0. The highest BCUT2D eigenvalue weighted by atomic mass is 16.1. The number of ketones is 1. The average Bonchev–Trinajstić information content (AvgIpc) is 3.06. The number of allylic oxidation sites excluding steroid dienone is 4. The Kier molecular flexibility index (Phi) is 6.15. The number of carbonyl (C=O) groups excluding carboxylic acids is 1. The summed E-state index contributed by atoms with van der Waals surface area (Å²) in [4.78, 5) is 12.0. The number of hydrogen-bond donors (Lipinski definition) is 0. The molecule has 0 N–H and O–H groups in total. The van der Waals surface area contributed by atoms with Gasteiger partial charge in [-0.25, -0.2) is 0 Å². The largest absolute Gasteiger partial charge is 0.295 e. The minimum absolute atomic E-state index is 0.240. The van der Waals surface area contributed by atoms with Gasteiger partial charge in [-0.3, -0.25) is 4.79 Å². The van der Waals surface area contributed by atoms with Gasteiger partial charge in [-0.15, -0.1) is 0 Å². The average molecular weight is 411 g/mol. The molecule has 4 aliphatic carbocycles. The van der Waals surface area contributed by atoms with Gasteiger partial charge >= 0.3 is 0 Å². The first-order valence-electron chi connectivity index (χ1n) is 13.1. The molecule has 0 unspecified atom stereocenters. The third-order valence-electron chi connectivity index (χ3n) is 10.7. The highest BCUT2D eigenvalue weighted by Crippen LogP contribution is 2.66. The smallest absolute Gasteiger partial charge is 0.156 e. The van der Waals surface area contributed by atoms with Crippen molar-refractivity contribution in [3.05, 3.63) is 23.8 Å². The van der Waals surface area contributed by atoms with Crippen molar-refractivity contribution < 1.29 is 4.79 Å². The summed E-state index contributed by atoms with van der Waals surface area (Å²) in [6.07, 6.45) is 18.5. The lowest BCUT2D eigenvalue weighted by Gasteiger charge is -2.56. The lowest BCUT2D eigenvalue weighted by atomic mass is 9.48. The van der Waals surface area contributed by atoms with Gasteiger partial charge in [0.1, 0.15) is 0 Å². The van der Waals surface area contributed by atoms with Crippen molar-refractivity contribution in [2.75, 3.05) is 0 Å². The molecular formula is C29H46O.